The average Bonchev–Trinajstić information content (AvgIpc) is 2.94. The van der Waals surface area contributed by atoms with Gasteiger partial charge in [0.05, 0.1) is 16.0 Å². The molecule has 0 bridgehead atoms. The van der Waals surface area contributed by atoms with Gasteiger partial charge in [0.1, 0.15) is 11.6 Å². The maximum absolute atomic E-state index is 13.8. The van der Waals surface area contributed by atoms with Gasteiger partial charge < -0.3 is 0 Å². The summed E-state index contributed by atoms with van der Waals surface area (Å²) in [6.07, 6.45) is 0.567. The molecule has 136 valence electrons. The molecule has 1 aromatic heterocycles. The number of benzene rings is 1. The summed E-state index contributed by atoms with van der Waals surface area (Å²) in [4.78, 5) is 30.7. The lowest BCUT2D eigenvalue weighted by atomic mass is 9.76. The lowest BCUT2D eigenvalue weighted by Gasteiger charge is -2.27. The highest BCUT2D eigenvalue weighted by Crippen LogP contribution is 2.50. The minimum atomic E-state index is -0.522. The predicted octanol–water partition coefficient (Wildman–Crippen LogP) is 3.46. The van der Waals surface area contributed by atoms with Crippen molar-refractivity contribution in [3.05, 3.63) is 50.0 Å². The Morgan fingerprint density at radius 3 is 2.54 bits per heavy atom. The van der Waals surface area contributed by atoms with E-state index in [1.54, 1.807) is 30.9 Å². The summed E-state index contributed by atoms with van der Waals surface area (Å²) in [6, 6.07) is 4.68. The van der Waals surface area contributed by atoms with Crippen molar-refractivity contribution in [3.63, 3.8) is 0 Å². The molecule has 2 atom stereocenters. The molecule has 7 heteroatoms. The van der Waals surface area contributed by atoms with Gasteiger partial charge in [-0.2, -0.15) is 0 Å². The maximum Gasteiger partial charge on any atom is 0.272 e. The number of hydrogen-bond acceptors (Lipinski definition) is 3. The van der Waals surface area contributed by atoms with E-state index in [-0.39, 0.29) is 17.2 Å². The van der Waals surface area contributed by atoms with E-state index >= 15 is 0 Å². The Morgan fingerprint density at radius 1 is 1.19 bits per heavy atom. The van der Waals surface area contributed by atoms with E-state index in [1.807, 2.05) is 13.8 Å². The van der Waals surface area contributed by atoms with Crippen LogP contribution in [0, 0.1) is 17.2 Å². The maximum atomic E-state index is 13.8. The molecule has 0 N–H and O–H groups in total. The van der Waals surface area contributed by atoms with Crippen molar-refractivity contribution in [3.8, 4) is 0 Å². The normalized spacial score (nSPS) is 23.6. The number of aliphatic imine (C=N–C) groups is 1. The summed E-state index contributed by atoms with van der Waals surface area (Å²) in [7, 11) is 3.46. The van der Waals surface area contributed by atoms with Crippen LogP contribution in [-0.4, -0.2) is 20.9 Å². The molecule has 0 saturated heterocycles. The summed E-state index contributed by atoms with van der Waals surface area (Å²) >= 11 is 3.22. The van der Waals surface area contributed by atoms with Crippen LogP contribution < -0.4 is 5.56 Å². The zero-order chi connectivity index (χ0) is 19.0. The van der Waals surface area contributed by atoms with Crippen molar-refractivity contribution in [2.45, 2.75) is 26.2 Å². The quantitative estimate of drug-likeness (QED) is 0.710. The second-order valence-electron chi connectivity index (χ2n) is 7.75. The number of rotatable bonds is 1. The van der Waals surface area contributed by atoms with Crippen LogP contribution in [0.15, 0.2) is 32.5 Å². The first-order valence-electron chi connectivity index (χ1n) is 8.46. The van der Waals surface area contributed by atoms with Crippen molar-refractivity contribution in [1.29, 1.82) is 0 Å². The topological polar surface area (TPSA) is 56.4 Å². The fourth-order valence-electron chi connectivity index (χ4n) is 4.17. The monoisotopic (exact) mass is 419 g/mol. The fourth-order valence-corrected chi connectivity index (χ4v) is 4.57. The Kier molecular flexibility index (Phi) is 3.67. The largest absolute Gasteiger partial charge is 0.298 e. The summed E-state index contributed by atoms with van der Waals surface area (Å²) < 4.78 is 17.3. The molecule has 0 spiro atoms. The molecule has 26 heavy (non-hydrogen) atoms. The average molecular weight is 420 g/mol. The number of aromatic nitrogens is 2. The van der Waals surface area contributed by atoms with Gasteiger partial charge in [0.2, 0.25) is 0 Å². The summed E-state index contributed by atoms with van der Waals surface area (Å²) in [5, 5.41) is 0. The highest BCUT2D eigenvalue weighted by molar-refractivity contribution is 9.10. The van der Waals surface area contributed by atoms with Crippen molar-refractivity contribution in [2.24, 2.45) is 30.4 Å². The molecule has 1 aromatic carbocycles. The number of Topliss-reactive ketones (excluding diaryl/α,β-unsaturated/α-hetero) is 1. The van der Waals surface area contributed by atoms with E-state index in [9.17, 15) is 14.0 Å². The van der Waals surface area contributed by atoms with E-state index in [0.29, 0.717) is 22.3 Å². The van der Waals surface area contributed by atoms with Crippen LogP contribution in [0.5, 0.6) is 0 Å². The molecule has 2 heterocycles. The van der Waals surface area contributed by atoms with E-state index in [4.69, 9.17) is 4.99 Å². The molecule has 0 radical (unpaired) electrons. The Morgan fingerprint density at radius 2 is 1.88 bits per heavy atom. The number of carbonyl (C=O) groups is 1. The van der Waals surface area contributed by atoms with E-state index in [0.717, 1.165) is 11.3 Å². The van der Waals surface area contributed by atoms with E-state index in [1.165, 1.54) is 10.7 Å². The van der Waals surface area contributed by atoms with Gasteiger partial charge in [-0.25, -0.2) is 9.38 Å². The lowest BCUT2D eigenvalue weighted by Crippen LogP contribution is -2.32. The Labute approximate surface area is 158 Å². The first kappa shape index (κ1) is 17.4. The van der Waals surface area contributed by atoms with Crippen molar-refractivity contribution in [1.82, 2.24) is 9.36 Å². The number of hydrogen-bond donors (Lipinski definition) is 0. The van der Waals surface area contributed by atoms with Crippen molar-refractivity contribution < 1.29 is 9.18 Å². The van der Waals surface area contributed by atoms with Gasteiger partial charge in [-0.05, 0) is 40.0 Å². The van der Waals surface area contributed by atoms with Crippen molar-refractivity contribution >= 4 is 33.2 Å². The minimum absolute atomic E-state index is 0.0817. The van der Waals surface area contributed by atoms with Crippen LogP contribution in [0.4, 0.5) is 10.2 Å². The number of halogens is 2. The van der Waals surface area contributed by atoms with Gasteiger partial charge >= 0.3 is 0 Å². The molecule has 4 rings (SSSR count). The SMILES string of the molecule is Cn1c2c(c(=O)n1C)C(c1ccc(F)c(Br)c1)C1C(=O)C(C)(C)CC1=N2. The lowest BCUT2D eigenvalue weighted by molar-refractivity contribution is -0.127. The van der Waals surface area contributed by atoms with Crippen LogP contribution in [0.3, 0.4) is 0 Å². The Balaban J connectivity index is 2.03. The third kappa shape index (κ3) is 2.22. The number of ketones is 1. The fraction of sp³-hybridized carbons (Fsp3) is 0.421. The van der Waals surface area contributed by atoms with E-state index < -0.39 is 17.3 Å². The van der Waals surface area contributed by atoms with Crippen LogP contribution >= 0.6 is 15.9 Å². The molecular weight excluding hydrogens is 401 g/mol. The molecule has 2 unspecified atom stereocenters. The molecule has 0 amide bonds. The third-order valence-corrected chi connectivity index (χ3v) is 6.26. The molecule has 1 aliphatic heterocycles. The first-order chi connectivity index (χ1) is 12.1. The highest BCUT2D eigenvalue weighted by atomic mass is 79.9. The summed E-state index contributed by atoms with van der Waals surface area (Å²) in [6.45, 7) is 3.83. The first-order valence-corrected chi connectivity index (χ1v) is 9.25. The molecule has 1 fully saturated rings. The molecule has 2 aliphatic rings. The summed E-state index contributed by atoms with van der Waals surface area (Å²) in [5.74, 6) is -0.649. The third-order valence-electron chi connectivity index (χ3n) is 5.65. The standard InChI is InChI=1S/C19H19BrFN3O2/c1-19(2)8-12-14(16(19)25)13(9-5-6-11(21)10(20)7-9)15-17(22-12)23(3)24(4)18(15)26/h5-7,13-14H,8H2,1-4H3. The Hall–Kier alpha value is -2.02. The zero-order valence-electron chi connectivity index (χ0n) is 15.0. The van der Waals surface area contributed by atoms with Crippen LogP contribution in [0.25, 0.3) is 0 Å². The second kappa shape index (κ2) is 5.49. The smallest absolute Gasteiger partial charge is 0.272 e. The van der Waals surface area contributed by atoms with Gasteiger partial charge in [-0.15, -0.1) is 0 Å². The van der Waals surface area contributed by atoms with Crippen molar-refractivity contribution in [2.75, 3.05) is 0 Å². The van der Waals surface area contributed by atoms with Crippen LogP contribution in [0.2, 0.25) is 0 Å². The molecular formula is C19H19BrFN3O2. The zero-order valence-corrected chi connectivity index (χ0v) is 16.6. The minimum Gasteiger partial charge on any atom is -0.298 e. The molecule has 5 nitrogen and oxygen atoms in total. The number of nitrogens with zero attached hydrogens (tertiary/aromatic N) is 3. The molecule has 1 aliphatic carbocycles. The van der Waals surface area contributed by atoms with Gasteiger partial charge in [0.15, 0.2) is 5.82 Å². The molecule has 1 saturated carbocycles. The number of fused-ring (bicyclic) bond motifs is 2. The van der Waals surface area contributed by atoms with Gasteiger partial charge in [-0.1, -0.05) is 19.9 Å². The molecule has 2 aromatic rings. The summed E-state index contributed by atoms with van der Waals surface area (Å²) in [5.41, 5.74) is 1.36. The van der Waals surface area contributed by atoms with Gasteiger partial charge in [0.25, 0.3) is 5.56 Å². The van der Waals surface area contributed by atoms with Crippen LogP contribution in [0.1, 0.15) is 37.3 Å². The number of carbonyl (C=O) groups excluding carboxylic acids is 1. The predicted molar refractivity (Wildman–Crippen MR) is 101 cm³/mol. The van der Waals surface area contributed by atoms with Gasteiger partial charge in [-0.3, -0.25) is 19.0 Å². The highest BCUT2D eigenvalue weighted by Gasteiger charge is 2.52. The Bertz CT molecular complexity index is 1050. The van der Waals surface area contributed by atoms with Crippen LogP contribution in [-0.2, 0) is 18.9 Å². The van der Waals surface area contributed by atoms with Gasteiger partial charge in [0, 0.05) is 31.1 Å². The second-order valence-corrected chi connectivity index (χ2v) is 8.60. The van der Waals surface area contributed by atoms with E-state index in [2.05, 4.69) is 15.9 Å².